The lowest BCUT2D eigenvalue weighted by Crippen LogP contribution is -2.04. The number of para-hydroxylation sites is 2. The van der Waals surface area contributed by atoms with Crippen molar-refractivity contribution in [3.8, 4) is 51.0 Å². The molecule has 0 amide bonds. The molecule has 0 unspecified atom stereocenters. The lowest BCUT2D eigenvalue weighted by Gasteiger charge is -2.15. The minimum atomic E-state index is 0.544. The normalized spacial score (nSPS) is 11.6. The lowest BCUT2D eigenvalue weighted by molar-refractivity contribution is 0.669. The fourth-order valence-electron chi connectivity index (χ4n) is 7.14. The van der Waals surface area contributed by atoms with E-state index in [1.165, 1.54) is 10.8 Å². The molecule has 0 bridgehead atoms. The van der Waals surface area contributed by atoms with Gasteiger partial charge in [-0.1, -0.05) is 140 Å². The van der Waals surface area contributed by atoms with Crippen LogP contribution in [0.4, 0.5) is 0 Å². The second kappa shape index (κ2) is 11.4. The van der Waals surface area contributed by atoms with Crippen LogP contribution in [-0.4, -0.2) is 19.5 Å². The van der Waals surface area contributed by atoms with Gasteiger partial charge in [0.1, 0.15) is 11.2 Å². The van der Waals surface area contributed by atoms with Crippen molar-refractivity contribution in [2.75, 3.05) is 0 Å². The zero-order chi connectivity index (χ0) is 33.0. The Morgan fingerprint density at radius 1 is 0.380 bits per heavy atom. The van der Waals surface area contributed by atoms with E-state index in [4.69, 9.17) is 19.4 Å². The van der Waals surface area contributed by atoms with Gasteiger partial charge in [-0.3, -0.25) is 0 Å². The molecule has 234 valence electrons. The molecule has 5 heteroatoms. The van der Waals surface area contributed by atoms with Gasteiger partial charge >= 0.3 is 0 Å². The molecule has 50 heavy (non-hydrogen) atoms. The second-order valence-corrected chi connectivity index (χ2v) is 12.4. The maximum atomic E-state index is 6.77. The summed E-state index contributed by atoms with van der Waals surface area (Å²) in [6.07, 6.45) is 0. The summed E-state index contributed by atoms with van der Waals surface area (Å²) in [4.78, 5) is 15.4. The zero-order valence-electron chi connectivity index (χ0n) is 26.9. The van der Waals surface area contributed by atoms with Gasteiger partial charge in [-0.2, -0.15) is 0 Å². The average Bonchev–Trinajstić information content (AvgIpc) is 3.74. The van der Waals surface area contributed by atoms with Crippen molar-refractivity contribution in [3.05, 3.63) is 170 Å². The first-order valence-corrected chi connectivity index (χ1v) is 16.7. The van der Waals surface area contributed by atoms with Gasteiger partial charge in [-0.05, 0) is 41.5 Å². The number of fused-ring (bicyclic) bond motifs is 6. The summed E-state index contributed by atoms with van der Waals surface area (Å²) in [6, 6.07) is 58.6. The number of hydrogen-bond acceptors (Lipinski definition) is 4. The van der Waals surface area contributed by atoms with E-state index in [-0.39, 0.29) is 0 Å². The highest BCUT2D eigenvalue weighted by atomic mass is 16.3. The molecule has 0 saturated heterocycles. The van der Waals surface area contributed by atoms with E-state index in [2.05, 4.69) is 95.6 Å². The zero-order valence-corrected chi connectivity index (χ0v) is 26.9. The first kappa shape index (κ1) is 28.2. The van der Waals surface area contributed by atoms with Crippen LogP contribution in [0.1, 0.15) is 0 Å². The van der Waals surface area contributed by atoms with Crippen LogP contribution in [0.5, 0.6) is 0 Å². The largest absolute Gasteiger partial charge is 0.455 e. The van der Waals surface area contributed by atoms with E-state index in [9.17, 15) is 0 Å². The number of nitrogens with zero attached hydrogens (tertiary/aromatic N) is 4. The molecule has 0 aliphatic rings. The average molecular weight is 641 g/mol. The Kier molecular flexibility index (Phi) is 6.42. The van der Waals surface area contributed by atoms with Crippen LogP contribution in [0.25, 0.3) is 94.7 Å². The molecule has 0 radical (unpaired) electrons. The minimum Gasteiger partial charge on any atom is -0.455 e. The van der Waals surface area contributed by atoms with Gasteiger partial charge in [0.05, 0.1) is 22.3 Å². The van der Waals surface area contributed by atoms with Crippen molar-refractivity contribution in [1.29, 1.82) is 0 Å². The fraction of sp³-hybridized carbons (Fsp3) is 0. The second-order valence-electron chi connectivity index (χ2n) is 12.4. The quantitative estimate of drug-likeness (QED) is 0.188. The summed E-state index contributed by atoms with van der Waals surface area (Å²) < 4.78 is 9.11. The molecule has 10 rings (SSSR count). The van der Waals surface area contributed by atoms with Crippen molar-refractivity contribution >= 4 is 43.7 Å². The van der Waals surface area contributed by atoms with Gasteiger partial charge in [0.15, 0.2) is 17.5 Å². The summed E-state index contributed by atoms with van der Waals surface area (Å²) in [6.45, 7) is 0. The molecule has 3 aromatic heterocycles. The van der Waals surface area contributed by atoms with Crippen LogP contribution in [0.3, 0.4) is 0 Å². The molecule has 3 heterocycles. The first-order valence-electron chi connectivity index (χ1n) is 16.7. The third kappa shape index (κ3) is 4.52. The van der Waals surface area contributed by atoms with Crippen molar-refractivity contribution < 1.29 is 4.42 Å². The Labute approximate surface area is 287 Å². The number of furan rings is 1. The van der Waals surface area contributed by atoms with Crippen LogP contribution in [0.15, 0.2) is 174 Å². The molecule has 5 nitrogen and oxygen atoms in total. The van der Waals surface area contributed by atoms with Gasteiger partial charge in [0.2, 0.25) is 0 Å². The molecule has 10 aromatic rings. The van der Waals surface area contributed by atoms with E-state index in [0.29, 0.717) is 17.5 Å². The Morgan fingerprint density at radius 2 is 0.920 bits per heavy atom. The SMILES string of the molecule is c1ccc(-c2ccc3c4ccccc4n(-c4ccc5c(oc6ccccc65)c4-c4nc(-c5ccccc5)nc(-c5ccccc5)n4)c3c2)cc1. The topological polar surface area (TPSA) is 56.7 Å². The predicted molar refractivity (Wildman–Crippen MR) is 203 cm³/mol. The van der Waals surface area contributed by atoms with E-state index in [0.717, 1.165) is 66.5 Å². The van der Waals surface area contributed by atoms with Crippen LogP contribution < -0.4 is 0 Å². The molecule has 0 aliphatic carbocycles. The summed E-state index contributed by atoms with van der Waals surface area (Å²) in [5, 5.41) is 4.39. The molecule has 7 aromatic carbocycles. The number of aromatic nitrogens is 4. The van der Waals surface area contributed by atoms with Gasteiger partial charge < -0.3 is 8.98 Å². The van der Waals surface area contributed by atoms with Gasteiger partial charge in [0, 0.05) is 32.7 Å². The van der Waals surface area contributed by atoms with Crippen LogP contribution >= 0.6 is 0 Å². The lowest BCUT2D eigenvalue weighted by atomic mass is 10.0. The molecular weight excluding hydrogens is 613 g/mol. The van der Waals surface area contributed by atoms with Crippen molar-refractivity contribution in [3.63, 3.8) is 0 Å². The first-order chi connectivity index (χ1) is 24.8. The summed E-state index contributed by atoms with van der Waals surface area (Å²) >= 11 is 0. The monoisotopic (exact) mass is 640 g/mol. The van der Waals surface area contributed by atoms with E-state index >= 15 is 0 Å². The fourth-order valence-corrected chi connectivity index (χ4v) is 7.14. The van der Waals surface area contributed by atoms with Crippen molar-refractivity contribution in [2.24, 2.45) is 0 Å². The highest BCUT2D eigenvalue weighted by Crippen LogP contribution is 2.43. The summed E-state index contributed by atoms with van der Waals surface area (Å²) in [5.41, 5.74) is 9.60. The molecule has 0 N–H and O–H groups in total. The standard InChI is InChI=1S/C45H28N4O/c1-4-14-29(15-5-1)32-24-25-34-33-20-10-12-22-37(33)49(39(34)28-32)38-27-26-36-35-21-11-13-23-40(35)50-42(36)41(38)45-47-43(30-16-6-2-7-17-30)46-44(48-45)31-18-8-3-9-19-31/h1-28H. The Balaban J connectivity index is 1.34. The molecule has 0 atom stereocenters. The van der Waals surface area contributed by atoms with Gasteiger partial charge in [-0.25, -0.2) is 15.0 Å². The predicted octanol–water partition coefficient (Wildman–Crippen LogP) is 11.5. The third-order valence-corrected chi connectivity index (χ3v) is 9.47. The summed E-state index contributed by atoms with van der Waals surface area (Å²) in [5.74, 6) is 1.74. The Bertz CT molecular complexity index is 2800. The number of benzene rings is 7. The number of rotatable bonds is 5. The smallest absolute Gasteiger partial charge is 0.170 e. The molecule has 0 spiro atoms. The van der Waals surface area contributed by atoms with Crippen LogP contribution in [0, 0.1) is 0 Å². The van der Waals surface area contributed by atoms with E-state index < -0.39 is 0 Å². The Hall–Kier alpha value is -6.85. The van der Waals surface area contributed by atoms with Crippen LogP contribution in [-0.2, 0) is 0 Å². The molecule has 0 fully saturated rings. The van der Waals surface area contributed by atoms with Gasteiger partial charge in [-0.15, -0.1) is 0 Å². The highest BCUT2D eigenvalue weighted by molar-refractivity contribution is 6.14. The van der Waals surface area contributed by atoms with Crippen molar-refractivity contribution in [1.82, 2.24) is 19.5 Å². The third-order valence-electron chi connectivity index (χ3n) is 9.47. The molecule has 0 aliphatic heterocycles. The van der Waals surface area contributed by atoms with E-state index in [1.54, 1.807) is 0 Å². The summed E-state index contributed by atoms with van der Waals surface area (Å²) in [7, 11) is 0. The maximum Gasteiger partial charge on any atom is 0.170 e. The minimum absolute atomic E-state index is 0.544. The Morgan fingerprint density at radius 3 is 1.62 bits per heavy atom. The molecular formula is C45H28N4O. The number of hydrogen-bond donors (Lipinski definition) is 0. The van der Waals surface area contributed by atoms with Crippen molar-refractivity contribution in [2.45, 2.75) is 0 Å². The molecule has 0 saturated carbocycles. The van der Waals surface area contributed by atoms with Gasteiger partial charge in [0.25, 0.3) is 0 Å². The van der Waals surface area contributed by atoms with E-state index in [1.807, 2.05) is 78.9 Å². The highest BCUT2D eigenvalue weighted by Gasteiger charge is 2.24. The van der Waals surface area contributed by atoms with Crippen LogP contribution in [0.2, 0.25) is 0 Å². The maximum absolute atomic E-state index is 6.77.